The van der Waals surface area contributed by atoms with Crippen LogP contribution in [0.1, 0.15) is 5.56 Å². The van der Waals surface area contributed by atoms with Crippen molar-refractivity contribution in [3.8, 4) is 17.0 Å². The minimum Gasteiger partial charge on any atom is -0.507 e. The van der Waals surface area contributed by atoms with Crippen molar-refractivity contribution in [2.45, 2.75) is 6.92 Å². The number of hydrogen-bond acceptors (Lipinski definition) is 2. The van der Waals surface area contributed by atoms with Crippen LogP contribution in [0.5, 0.6) is 5.75 Å². The molecule has 0 aliphatic carbocycles. The predicted molar refractivity (Wildman–Crippen MR) is 85.4 cm³/mol. The molecular formula is C18H14N2O. The second kappa shape index (κ2) is 4.35. The van der Waals surface area contributed by atoms with Crippen LogP contribution in [-0.4, -0.2) is 15.1 Å². The molecule has 4 aromatic rings. The van der Waals surface area contributed by atoms with E-state index in [0.29, 0.717) is 0 Å². The van der Waals surface area contributed by atoms with Crippen molar-refractivity contribution in [2.24, 2.45) is 0 Å². The van der Waals surface area contributed by atoms with Crippen LogP contribution in [0.4, 0.5) is 0 Å². The fourth-order valence-corrected chi connectivity index (χ4v) is 2.89. The first-order valence-electron chi connectivity index (χ1n) is 6.90. The second-order valence-corrected chi connectivity index (χ2v) is 5.22. The largest absolute Gasteiger partial charge is 0.507 e. The fourth-order valence-electron chi connectivity index (χ4n) is 2.89. The first-order chi connectivity index (χ1) is 10.3. The Morgan fingerprint density at radius 1 is 0.952 bits per heavy atom. The summed E-state index contributed by atoms with van der Waals surface area (Å²) in [5, 5.41) is 12.6. The van der Waals surface area contributed by atoms with E-state index in [4.69, 9.17) is 0 Å². The summed E-state index contributed by atoms with van der Waals surface area (Å²) in [7, 11) is 0. The van der Waals surface area contributed by atoms with Gasteiger partial charge in [0.2, 0.25) is 0 Å². The van der Waals surface area contributed by atoms with E-state index < -0.39 is 0 Å². The summed E-state index contributed by atoms with van der Waals surface area (Å²) in [5.41, 5.74) is 4.61. The number of aryl methyl sites for hydroxylation is 1. The first-order valence-corrected chi connectivity index (χ1v) is 6.90. The molecule has 21 heavy (non-hydrogen) atoms. The molecule has 2 N–H and O–H groups in total. The lowest BCUT2D eigenvalue weighted by atomic mass is 10.0. The van der Waals surface area contributed by atoms with Crippen molar-refractivity contribution in [3.63, 3.8) is 0 Å². The average molecular weight is 274 g/mol. The maximum absolute atomic E-state index is 10.4. The van der Waals surface area contributed by atoms with E-state index >= 15 is 0 Å². The standard InChI is InChI=1S/C18H14N2O/c1-11-5-4-10-19-17(11)16-15(21)9-8-13-12-6-2-3-7-14(12)20-18(13)16/h2-10,20-21H,1H3. The summed E-state index contributed by atoms with van der Waals surface area (Å²) in [5.74, 6) is 0.246. The zero-order chi connectivity index (χ0) is 14.4. The number of nitrogens with zero attached hydrogens (tertiary/aromatic N) is 1. The molecule has 3 nitrogen and oxygen atoms in total. The van der Waals surface area contributed by atoms with Crippen molar-refractivity contribution >= 4 is 21.8 Å². The van der Waals surface area contributed by atoms with Crippen LogP contribution in [0.3, 0.4) is 0 Å². The third-order valence-corrected chi connectivity index (χ3v) is 3.91. The van der Waals surface area contributed by atoms with Crippen molar-refractivity contribution in [3.05, 3.63) is 60.3 Å². The third-order valence-electron chi connectivity index (χ3n) is 3.91. The molecule has 0 bridgehead atoms. The van der Waals surface area contributed by atoms with Gasteiger partial charge in [-0.25, -0.2) is 0 Å². The van der Waals surface area contributed by atoms with E-state index in [9.17, 15) is 5.11 Å². The highest BCUT2D eigenvalue weighted by Gasteiger charge is 2.15. The van der Waals surface area contributed by atoms with Crippen LogP contribution >= 0.6 is 0 Å². The van der Waals surface area contributed by atoms with Gasteiger partial charge in [0.25, 0.3) is 0 Å². The molecule has 2 heterocycles. The number of rotatable bonds is 1. The van der Waals surface area contributed by atoms with E-state index in [1.54, 1.807) is 12.3 Å². The van der Waals surface area contributed by atoms with Crippen LogP contribution in [0.25, 0.3) is 33.1 Å². The normalized spacial score (nSPS) is 11.3. The van der Waals surface area contributed by atoms with Crippen molar-refractivity contribution in [1.82, 2.24) is 9.97 Å². The number of fused-ring (bicyclic) bond motifs is 3. The van der Waals surface area contributed by atoms with Crippen LogP contribution in [0.2, 0.25) is 0 Å². The quantitative estimate of drug-likeness (QED) is 0.540. The molecule has 0 radical (unpaired) electrons. The van der Waals surface area contributed by atoms with Gasteiger partial charge in [0.05, 0.1) is 16.8 Å². The zero-order valence-corrected chi connectivity index (χ0v) is 11.6. The zero-order valence-electron chi connectivity index (χ0n) is 11.6. The van der Waals surface area contributed by atoms with Crippen molar-refractivity contribution < 1.29 is 5.11 Å². The molecule has 0 spiro atoms. The van der Waals surface area contributed by atoms with E-state index in [2.05, 4.69) is 16.0 Å². The minimum absolute atomic E-state index is 0.246. The predicted octanol–water partition coefficient (Wildman–Crippen LogP) is 4.40. The molecule has 2 aromatic heterocycles. The molecule has 2 aromatic carbocycles. The summed E-state index contributed by atoms with van der Waals surface area (Å²) in [6.07, 6.45) is 1.75. The SMILES string of the molecule is Cc1cccnc1-c1c(O)ccc2c1[nH]c1ccccc12. The Morgan fingerprint density at radius 2 is 1.81 bits per heavy atom. The second-order valence-electron chi connectivity index (χ2n) is 5.22. The van der Waals surface area contributed by atoms with Gasteiger partial charge in [0, 0.05) is 22.5 Å². The number of aromatic amines is 1. The Labute approximate surface area is 121 Å². The van der Waals surface area contributed by atoms with Crippen LogP contribution in [-0.2, 0) is 0 Å². The number of nitrogens with one attached hydrogen (secondary N) is 1. The number of phenolic OH excluding ortho intramolecular Hbond substituents is 1. The van der Waals surface area contributed by atoms with E-state index in [1.807, 2.05) is 43.3 Å². The van der Waals surface area contributed by atoms with E-state index in [1.165, 1.54) is 0 Å². The average Bonchev–Trinajstić information content (AvgIpc) is 2.87. The van der Waals surface area contributed by atoms with E-state index in [-0.39, 0.29) is 5.75 Å². The van der Waals surface area contributed by atoms with Crippen molar-refractivity contribution in [1.29, 1.82) is 0 Å². The Hall–Kier alpha value is -2.81. The molecule has 102 valence electrons. The molecule has 0 aliphatic heterocycles. The maximum atomic E-state index is 10.4. The summed E-state index contributed by atoms with van der Waals surface area (Å²) in [6, 6.07) is 15.8. The Balaban J connectivity index is 2.18. The molecule has 0 saturated heterocycles. The number of pyridine rings is 1. The van der Waals surface area contributed by atoms with Crippen LogP contribution in [0.15, 0.2) is 54.7 Å². The lowest BCUT2D eigenvalue weighted by Gasteiger charge is -2.08. The van der Waals surface area contributed by atoms with Gasteiger partial charge in [-0.1, -0.05) is 24.3 Å². The first kappa shape index (κ1) is 12.0. The molecular weight excluding hydrogens is 260 g/mol. The molecule has 0 amide bonds. The number of phenols is 1. The number of para-hydroxylation sites is 1. The number of H-pyrrole nitrogens is 1. The van der Waals surface area contributed by atoms with Crippen molar-refractivity contribution in [2.75, 3.05) is 0 Å². The number of aromatic nitrogens is 2. The highest BCUT2D eigenvalue weighted by molar-refractivity contribution is 6.12. The van der Waals surface area contributed by atoms with Gasteiger partial charge in [-0.15, -0.1) is 0 Å². The highest BCUT2D eigenvalue weighted by Crippen LogP contribution is 2.39. The Bertz CT molecular complexity index is 969. The number of aromatic hydroxyl groups is 1. The smallest absolute Gasteiger partial charge is 0.127 e. The number of hydrogen-bond donors (Lipinski definition) is 2. The van der Waals surface area contributed by atoms with Gasteiger partial charge in [-0.3, -0.25) is 4.98 Å². The summed E-state index contributed by atoms with van der Waals surface area (Å²) in [6.45, 7) is 2.00. The van der Waals surface area contributed by atoms with Gasteiger partial charge < -0.3 is 10.1 Å². The molecule has 0 fully saturated rings. The molecule has 0 aliphatic rings. The molecule has 0 saturated carbocycles. The van der Waals surface area contributed by atoms with Gasteiger partial charge in [-0.2, -0.15) is 0 Å². The van der Waals surface area contributed by atoms with Crippen LogP contribution in [0, 0.1) is 6.92 Å². The van der Waals surface area contributed by atoms with Crippen LogP contribution < -0.4 is 0 Å². The molecule has 4 rings (SSSR count). The highest BCUT2D eigenvalue weighted by atomic mass is 16.3. The fraction of sp³-hybridized carbons (Fsp3) is 0.0556. The molecule has 0 unspecified atom stereocenters. The molecule has 0 atom stereocenters. The summed E-state index contributed by atoms with van der Waals surface area (Å²) >= 11 is 0. The minimum atomic E-state index is 0.246. The monoisotopic (exact) mass is 274 g/mol. The lowest BCUT2D eigenvalue weighted by molar-refractivity contribution is 0.478. The van der Waals surface area contributed by atoms with Gasteiger partial charge in [-0.05, 0) is 36.8 Å². The topological polar surface area (TPSA) is 48.9 Å². The maximum Gasteiger partial charge on any atom is 0.127 e. The van der Waals surface area contributed by atoms with Gasteiger partial charge in [0.15, 0.2) is 0 Å². The van der Waals surface area contributed by atoms with Gasteiger partial charge >= 0.3 is 0 Å². The van der Waals surface area contributed by atoms with Gasteiger partial charge in [0.1, 0.15) is 5.75 Å². The molecule has 3 heteroatoms. The third kappa shape index (κ3) is 1.71. The Morgan fingerprint density at radius 3 is 2.67 bits per heavy atom. The summed E-state index contributed by atoms with van der Waals surface area (Å²) < 4.78 is 0. The lowest BCUT2D eigenvalue weighted by Crippen LogP contribution is -1.89. The Kier molecular flexibility index (Phi) is 2.48. The number of benzene rings is 2. The van der Waals surface area contributed by atoms with E-state index in [0.717, 1.165) is 38.6 Å². The summed E-state index contributed by atoms with van der Waals surface area (Å²) in [4.78, 5) is 7.86.